The van der Waals surface area contributed by atoms with Crippen molar-refractivity contribution in [3.63, 3.8) is 0 Å². The molecule has 0 saturated carbocycles. The van der Waals surface area contributed by atoms with E-state index in [0.29, 0.717) is 33.8 Å². The van der Waals surface area contributed by atoms with Gasteiger partial charge in [0.2, 0.25) is 5.89 Å². The van der Waals surface area contributed by atoms with E-state index in [9.17, 15) is 9.59 Å². The van der Waals surface area contributed by atoms with Crippen LogP contribution in [0.1, 0.15) is 27.4 Å². The van der Waals surface area contributed by atoms with Crippen molar-refractivity contribution in [1.82, 2.24) is 4.98 Å². The number of aromatic nitrogens is 1. The van der Waals surface area contributed by atoms with Gasteiger partial charge in [-0.3, -0.25) is 10.6 Å². The summed E-state index contributed by atoms with van der Waals surface area (Å²) in [4.78, 5) is 29.6. The number of hydrogen-bond donors (Lipinski definition) is 3. The minimum absolute atomic E-state index is 0.215. The number of nitrogens with one attached hydrogen (secondary N) is 2. The Morgan fingerprint density at radius 3 is 2.48 bits per heavy atom. The number of benzene rings is 2. The van der Waals surface area contributed by atoms with Crippen LogP contribution < -0.4 is 22.2 Å². The maximum atomic E-state index is 12.3. The minimum Gasteiger partial charge on any atom is -0.407 e. The van der Waals surface area contributed by atoms with Gasteiger partial charge in [0, 0.05) is 23.4 Å². The van der Waals surface area contributed by atoms with Gasteiger partial charge in [-0.05, 0) is 59.8 Å². The van der Waals surface area contributed by atoms with E-state index in [1.165, 1.54) is 11.3 Å². The molecule has 0 radical (unpaired) electrons. The van der Waals surface area contributed by atoms with Gasteiger partial charge < -0.3 is 15.2 Å². The molecule has 0 unspecified atom stereocenters. The second kappa shape index (κ2) is 7.86. The molecule has 8 heteroatoms. The van der Waals surface area contributed by atoms with Gasteiger partial charge >= 0.3 is 5.63 Å². The number of hydrogen-bond acceptors (Lipinski definition) is 7. The molecular weight excluding hydrogens is 388 g/mol. The molecule has 0 spiro atoms. The number of aryl methyl sites for hydroxylation is 1. The number of nitrogens with two attached hydrogens (primary N) is 1. The van der Waals surface area contributed by atoms with Crippen LogP contribution in [0.25, 0.3) is 10.2 Å². The van der Waals surface area contributed by atoms with Crippen LogP contribution in [0.2, 0.25) is 0 Å². The Labute approximate surface area is 170 Å². The van der Waals surface area contributed by atoms with Gasteiger partial charge in [0.05, 0.1) is 5.39 Å². The summed E-state index contributed by atoms with van der Waals surface area (Å²) in [7, 11) is 0. The fourth-order valence-electron chi connectivity index (χ4n) is 2.93. The number of thiophene rings is 1. The number of amides is 1. The predicted molar refractivity (Wildman–Crippen MR) is 114 cm³/mol. The van der Waals surface area contributed by atoms with Gasteiger partial charge in [0.25, 0.3) is 5.91 Å². The van der Waals surface area contributed by atoms with E-state index >= 15 is 0 Å². The molecule has 0 bridgehead atoms. The Kier molecular flexibility index (Phi) is 5.11. The SMILES string of the molecule is Cc1csc2nc(Cc3ccc(NC(=O)c4ccc(NN)cc4)cc3)oc(=O)c12. The third kappa shape index (κ3) is 4.03. The van der Waals surface area contributed by atoms with E-state index in [4.69, 9.17) is 10.3 Å². The molecule has 2 heterocycles. The van der Waals surface area contributed by atoms with E-state index in [-0.39, 0.29) is 11.5 Å². The first kappa shape index (κ1) is 18.9. The number of rotatable bonds is 5. The van der Waals surface area contributed by atoms with Crippen LogP contribution >= 0.6 is 11.3 Å². The molecule has 7 nitrogen and oxygen atoms in total. The predicted octanol–water partition coefficient (Wildman–Crippen LogP) is 3.69. The van der Waals surface area contributed by atoms with E-state index in [2.05, 4.69) is 15.7 Å². The Morgan fingerprint density at radius 1 is 1.10 bits per heavy atom. The van der Waals surface area contributed by atoms with Gasteiger partial charge in [-0.15, -0.1) is 11.3 Å². The molecule has 146 valence electrons. The molecule has 0 saturated heterocycles. The lowest BCUT2D eigenvalue weighted by Crippen LogP contribution is -2.12. The molecular formula is C21H18N4O3S. The van der Waals surface area contributed by atoms with Gasteiger partial charge in [-0.2, -0.15) is 0 Å². The zero-order chi connectivity index (χ0) is 20.4. The molecule has 0 aliphatic heterocycles. The van der Waals surface area contributed by atoms with Crippen LogP contribution in [-0.2, 0) is 6.42 Å². The van der Waals surface area contributed by atoms with Crippen molar-refractivity contribution in [1.29, 1.82) is 0 Å². The van der Waals surface area contributed by atoms with E-state index in [1.807, 2.05) is 24.4 Å². The van der Waals surface area contributed by atoms with Crippen molar-refractivity contribution < 1.29 is 9.21 Å². The average Bonchev–Trinajstić information content (AvgIpc) is 3.10. The summed E-state index contributed by atoms with van der Waals surface area (Å²) in [5.74, 6) is 5.48. The monoisotopic (exact) mass is 406 g/mol. The molecule has 0 aliphatic rings. The van der Waals surface area contributed by atoms with Gasteiger partial charge in [-0.25, -0.2) is 9.78 Å². The van der Waals surface area contributed by atoms with Crippen LogP contribution in [0.3, 0.4) is 0 Å². The van der Waals surface area contributed by atoms with Gasteiger partial charge in [0.15, 0.2) is 0 Å². The summed E-state index contributed by atoms with van der Waals surface area (Å²) in [6, 6.07) is 14.2. The molecule has 29 heavy (non-hydrogen) atoms. The Balaban J connectivity index is 1.46. The largest absolute Gasteiger partial charge is 0.407 e. The summed E-state index contributed by atoms with van der Waals surface area (Å²) < 4.78 is 5.36. The highest BCUT2D eigenvalue weighted by Gasteiger charge is 2.11. The van der Waals surface area contributed by atoms with Crippen LogP contribution in [0.4, 0.5) is 11.4 Å². The minimum atomic E-state index is -0.358. The molecule has 0 atom stereocenters. The molecule has 4 N–H and O–H groups in total. The number of nitrogen functional groups attached to an aromatic ring is 1. The quantitative estimate of drug-likeness (QED) is 0.344. The maximum absolute atomic E-state index is 12.3. The number of anilines is 2. The van der Waals surface area contributed by atoms with Crippen LogP contribution in [0.15, 0.2) is 63.1 Å². The van der Waals surface area contributed by atoms with Crippen LogP contribution in [-0.4, -0.2) is 10.9 Å². The smallest absolute Gasteiger partial charge is 0.348 e. The first-order valence-electron chi connectivity index (χ1n) is 8.88. The first-order valence-corrected chi connectivity index (χ1v) is 9.76. The normalized spacial score (nSPS) is 10.8. The number of hydrazine groups is 1. The summed E-state index contributed by atoms with van der Waals surface area (Å²) in [5.41, 5.74) is 5.88. The second-order valence-electron chi connectivity index (χ2n) is 6.54. The lowest BCUT2D eigenvalue weighted by atomic mass is 10.1. The number of fused-ring (bicyclic) bond motifs is 1. The summed E-state index contributed by atoms with van der Waals surface area (Å²) in [5, 5.41) is 5.29. The highest BCUT2D eigenvalue weighted by molar-refractivity contribution is 7.16. The third-order valence-electron chi connectivity index (χ3n) is 4.48. The summed E-state index contributed by atoms with van der Waals surface area (Å²) >= 11 is 1.43. The van der Waals surface area contributed by atoms with Crippen molar-refractivity contribution >= 4 is 38.8 Å². The van der Waals surface area contributed by atoms with E-state index in [0.717, 1.165) is 16.8 Å². The Bertz CT molecular complexity index is 1230. The lowest BCUT2D eigenvalue weighted by molar-refractivity contribution is 0.102. The van der Waals surface area contributed by atoms with E-state index < -0.39 is 0 Å². The van der Waals surface area contributed by atoms with Crippen LogP contribution in [0, 0.1) is 6.92 Å². The molecule has 4 aromatic rings. The standard InChI is InChI=1S/C21H18N4O3S/c1-12-11-29-20-18(12)21(27)28-17(24-20)10-13-2-6-15(7-3-13)23-19(26)14-4-8-16(25-22)9-5-14/h2-9,11,25H,10,22H2,1H3,(H,23,26). The highest BCUT2D eigenvalue weighted by Crippen LogP contribution is 2.21. The van der Waals surface area contributed by atoms with Crippen molar-refractivity contribution in [2.45, 2.75) is 13.3 Å². The summed E-state index contributed by atoms with van der Waals surface area (Å²) in [6.45, 7) is 1.87. The van der Waals surface area contributed by atoms with E-state index in [1.54, 1.807) is 36.4 Å². The third-order valence-corrected chi connectivity index (χ3v) is 5.47. The van der Waals surface area contributed by atoms with Crippen molar-refractivity contribution in [3.8, 4) is 0 Å². The molecule has 2 aromatic carbocycles. The zero-order valence-corrected chi connectivity index (χ0v) is 16.4. The van der Waals surface area contributed by atoms with Gasteiger partial charge in [-0.1, -0.05) is 12.1 Å². The molecule has 1 amide bonds. The molecule has 0 fully saturated rings. The van der Waals surface area contributed by atoms with Crippen molar-refractivity contribution in [3.05, 3.63) is 86.9 Å². The molecule has 2 aromatic heterocycles. The fourth-order valence-corrected chi connectivity index (χ4v) is 3.86. The highest BCUT2D eigenvalue weighted by atomic mass is 32.1. The Hall–Kier alpha value is -3.49. The molecule has 0 aliphatic carbocycles. The van der Waals surface area contributed by atoms with Crippen molar-refractivity contribution in [2.75, 3.05) is 10.7 Å². The zero-order valence-electron chi connectivity index (χ0n) is 15.6. The number of carbonyl (C=O) groups excluding carboxylic acids is 1. The second-order valence-corrected chi connectivity index (χ2v) is 7.40. The van der Waals surface area contributed by atoms with Gasteiger partial charge in [0.1, 0.15) is 4.83 Å². The number of nitrogens with zero attached hydrogens (tertiary/aromatic N) is 1. The number of carbonyl (C=O) groups is 1. The average molecular weight is 406 g/mol. The van der Waals surface area contributed by atoms with Crippen molar-refractivity contribution in [2.24, 2.45) is 5.84 Å². The first-order chi connectivity index (χ1) is 14.0. The summed E-state index contributed by atoms with van der Waals surface area (Å²) in [6.07, 6.45) is 0.393. The molecule has 4 rings (SSSR count). The van der Waals surface area contributed by atoms with Crippen LogP contribution in [0.5, 0.6) is 0 Å². The topological polar surface area (TPSA) is 110 Å². The Morgan fingerprint density at radius 2 is 1.79 bits per heavy atom. The maximum Gasteiger partial charge on any atom is 0.348 e. The fraction of sp³-hybridized carbons (Fsp3) is 0.0952. The lowest BCUT2D eigenvalue weighted by Gasteiger charge is -2.07.